The first-order chi connectivity index (χ1) is 17.6. The summed E-state index contributed by atoms with van der Waals surface area (Å²) in [6.07, 6.45) is 7.82. The molecule has 1 aliphatic heterocycles. The Hall–Kier alpha value is -2.58. The summed E-state index contributed by atoms with van der Waals surface area (Å²) in [6.45, 7) is 3.07. The van der Waals surface area contributed by atoms with Crippen LogP contribution in [0.5, 0.6) is 5.75 Å². The molecule has 7 nitrogen and oxygen atoms in total. The molecule has 4 unspecified atom stereocenters. The van der Waals surface area contributed by atoms with E-state index in [-0.39, 0.29) is 28.4 Å². The van der Waals surface area contributed by atoms with Gasteiger partial charge in [0.05, 0.1) is 4.90 Å². The smallest absolute Gasteiger partial charge is 0.329 e. The number of aromatic hydroxyl groups is 1. The van der Waals surface area contributed by atoms with Crippen molar-refractivity contribution in [3.63, 3.8) is 0 Å². The van der Waals surface area contributed by atoms with E-state index in [0.717, 1.165) is 63.6 Å². The monoisotopic (exact) mass is 524 g/mol. The second-order valence-corrected chi connectivity index (χ2v) is 13.3. The lowest BCUT2D eigenvalue weighted by Crippen LogP contribution is -2.47. The Kier molecular flexibility index (Phi) is 6.03. The molecule has 2 saturated carbocycles. The number of sulfonamides is 1. The highest BCUT2D eigenvalue weighted by molar-refractivity contribution is 7.89. The fourth-order valence-electron chi connectivity index (χ4n) is 8.08. The fraction of sp³-hybridized carbons (Fsp3) is 0.552. The Labute approximate surface area is 219 Å². The maximum Gasteiger partial charge on any atom is 0.329 e. The standard InChI is InChI=1S/C29H36N2O5S/c1-29-15-14-23-22-11-7-20(32)17-18(22)4-10-24(23)25(29)12-13-27(29)36-28(33)26-3-2-16-31(26)19-5-8-21(9-6-19)37(30,34)35/h5-9,11,17,23-27,32H,2-4,10,12-16H2,1H3,(H2,30,34,35)/t23?,24?,25?,26?,27-,29-/m0/s1. The van der Waals surface area contributed by atoms with Crippen molar-refractivity contribution in [1.82, 2.24) is 0 Å². The normalized spacial score (nSPS) is 32.9. The number of carbonyl (C=O) groups excluding carboxylic acids is 1. The van der Waals surface area contributed by atoms with Crippen LogP contribution in [0.25, 0.3) is 0 Å². The topological polar surface area (TPSA) is 110 Å². The minimum Gasteiger partial charge on any atom is -0.508 e. The summed E-state index contributed by atoms with van der Waals surface area (Å²) in [5.41, 5.74) is 3.51. The number of hydrogen-bond acceptors (Lipinski definition) is 6. The van der Waals surface area contributed by atoms with E-state index in [4.69, 9.17) is 9.88 Å². The van der Waals surface area contributed by atoms with Crippen LogP contribution in [0, 0.1) is 17.3 Å². The third-order valence-corrected chi connectivity index (χ3v) is 10.8. The SMILES string of the molecule is C[C@]12CCC3c4ccc(O)cc4CCC3C1CC[C@@H]2OC(=O)C1CCCN1c1ccc(S(N)(=O)=O)cc1. The predicted molar refractivity (Wildman–Crippen MR) is 141 cm³/mol. The van der Waals surface area contributed by atoms with Crippen LogP contribution in [-0.4, -0.2) is 38.2 Å². The molecule has 0 bridgehead atoms. The quantitative estimate of drug-likeness (QED) is 0.571. The van der Waals surface area contributed by atoms with Crippen molar-refractivity contribution >= 4 is 21.7 Å². The second-order valence-electron chi connectivity index (χ2n) is 11.7. The molecule has 37 heavy (non-hydrogen) atoms. The van der Waals surface area contributed by atoms with Crippen LogP contribution >= 0.6 is 0 Å². The van der Waals surface area contributed by atoms with E-state index in [1.807, 2.05) is 17.0 Å². The van der Waals surface area contributed by atoms with Gasteiger partial charge in [0.1, 0.15) is 17.9 Å². The Bertz CT molecular complexity index is 1310. The van der Waals surface area contributed by atoms with Crippen LogP contribution in [0.1, 0.15) is 68.9 Å². The molecular formula is C29H36N2O5S. The third-order valence-electron chi connectivity index (χ3n) is 9.90. The highest BCUT2D eigenvalue weighted by Crippen LogP contribution is 2.61. The highest BCUT2D eigenvalue weighted by Gasteiger charge is 2.56. The summed E-state index contributed by atoms with van der Waals surface area (Å²) in [5.74, 6) is 1.86. The van der Waals surface area contributed by atoms with Crippen LogP contribution < -0.4 is 10.0 Å². The first-order valence-corrected chi connectivity index (χ1v) is 15.1. The van der Waals surface area contributed by atoms with E-state index in [1.165, 1.54) is 23.3 Å². The zero-order valence-corrected chi connectivity index (χ0v) is 22.1. The van der Waals surface area contributed by atoms with E-state index < -0.39 is 10.0 Å². The highest BCUT2D eigenvalue weighted by atomic mass is 32.2. The van der Waals surface area contributed by atoms with Gasteiger partial charge in [0.15, 0.2) is 0 Å². The van der Waals surface area contributed by atoms with Crippen LogP contribution in [0.15, 0.2) is 47.4 Å². The van der Waals surface area contributed by atoms with Crippen molar-refractivity contribution in [3.8, 4) is 5.75 Å². The molecule has 3 aliphatic carbocycles. The van der Waals surface area contributed by atoms with Crippen molar-refractivity contribution in [2.75, 3.05) is 11.4 Å². The molecule has 1 saturated heterocycles. The van der Waals surface area contributed by atoms with Crippen molar-refractivity contribution in [2.24, 2.45) is 22.4 Å². The number of nitrogens with two attached hydrogens (primary N) is 1. The number of benzene rings is 2. The Morgan fingerprint density at radius 3 is 2.62 bits per heavy atom. The zero-order valence-electron chi connectivity index (χ0n) is 21.3. The second kappa shape index (κ2) is 9.02. The number of carbonyl (C=O) groups is 1. The summed E-state index contributed by atoms with van der Waals surface area (Å²) >= 11 is 0. The lowest BCUT2D eigenvalue weighted by molar-refractivity contribution is -0.159. The molecule has 2 aromatic rings. The minimum absolute atomic E-state index is 0.00812. The molecule has 3 N–H and O–H groups in total. The largest absolute Gasteiger partial charge is 0.508 e. The first kappa shape index (κ1) is 24.7. The van der Waals surface area contributed by atoms with Gasteiger partial charge in [-0.25, -0.2) is 18.4 Å². The van der Waals surface area contributed by atoms with Gasteiger partial charge >= 0.3 is 5.97 Å². The van der Waals surface area contributed by atoms with Crippen LogP contribution in [-0.2, 0) is 26.0 Å². The summed E-state index contributed by atoms with van der Waals surface area (Å²) in [7, 11) is -3.76. The molecule has 1 heterocycles. The molecule has 198 valence electrons. The van der Waals surface area contributed by atoms with Gasteiger partial charge in [0.2, 0.25) is 10.0 Å². The number of anilines is 1. The van der Waals surface area contributed by atoms with Crippen LogP contribution in [0.2, 0.25) is 0 Å². The molecular weight excluding hydrogens is 488 g/mol. The number of nitrogens with zero attached hydrogens (tertiary/aromatic N) is 1. The van der Waals surface area contributed by atoms with E-state index in [9.17, 15) is 18.3 Å². The number of esters is 1. The van der Waals surface area contributed by atoms with Gasteiger partial charge in [-0.1, -0.05) is 13.0 Å². The predicted octanol–water partition coefficient (Wildman–Crippen LogP) is 4.48. The van der Waals surface area contributed by atoms with Gasteiger partial charge in [0, 0.05) is 17.6 Å². The summed E-state index contributed by atoms with van der Waals surface area (Å²) < 4.78 is 29.6. The number of hydrogen-bond donors (Lipinski definition) is 2. The molecule has 0 radical (unpaired) electrons. The van der Waals surface area contributed by atoms with Gasteiger partial charge in [-0.3, -0.25) is 0 Å². The lowest BCUT2D eigenvalue weighted by atomic mass is 9.55. The van der Waals surface area contributed by atoms with E-state index >= 15 is 0 Å². The minimum atomic E-state index is -3.76. The maximum atomic E-state index is 13.5. The Morgan fingerprint density at radius 1 is 1.08 bits per heavy atom. The van der Waals surface area contributed by atoms with Crippen LogP contribution in [0.4, 0.5) is 5.69 Å². The van der Waals surface area contributed by atoms with Crippen molar-refractivity contribution in [1.29, 1.82) is 0 Å². The zero-order chi connectivity index (χ0) is 25.9. The molecule has 4 aliphatic rings. The van der Waals surface area contributed by atoms with Gasteiger partial charge < -0.3 is 14.7 Å². The molecule has 0 aromatic heterocycles. The number of ether oxygens (including phenoxy) is 1. The van der Waals surface area contributed by atoms with Crippen LogP contribution in [0.3, 0.4) is 0 Å². The number of phenols is 1. The summed E-state index contributed by atoms with van der Waals surface area (Å²) in [4.78, 5) is 15.6. The van der Waals surface area contributed by atoms with Crippen molar-refractivity contribution < 1.29 is 23.1 Å². The van der Waals surface area contributed by atoms with E-state index in [2.05, 4.69) is 13.0 Å². The number of phenolic OH excluding ortho intramolecular Hbond substituents is 1. The van der Waals surface area contributed by atoms with Gasteiger partial charge in [-0.15, -0.1) is 0 Å². The number of rotatable bonds is 4. The summed E-state index contributed by atoms with van der Waals surface area (Å²) in [5, 5.41) is 15.2. The van der Waals surface area contributed by atoms with Crippen molar-refractivity contribution in [3.05, 3.63) is 53.6 Å². The molecule has 2 aromatic carbocycles. The van der Waals surface area contributed by atoms with E-state index in [0.29, 0.717) is 23.5 Å². The molecule has 0 amide bonds. The molecule has 0 spiro atoms. The molecule has 8 heteroatoms. The number of primary sulfonamides is 1. The van der Waals surface area contributed by atoms with Gasteiger partial charge in [-0.05, 0) is 117 Å². The fourth-order valence-corrected chi connectivity index (χ4v) is 8.60. The molecule has 6 rings (SSSR count). The average Bonchev–Trinajstić information content (AvgIpc) is 3.48. The number of aryl methyl sites for hydroxylation is 1. The maximum absolute atomic E-state index is 13.5. The Balaban J connectivity index is 1.16. The first-order valence-electron chi connectivity index (χ1n) is 13.6. The molecule has 6 atom stereocenters. The van der Waals surface area contributed by atoms with Gasteiger partial charge in [0.25, 0.3) is 0 Å². The number of fused-ring (bicyclic) bond motifs is 5. The summed E-state index contributed by atoms with van der Waals surface area (Å²) in [6, 6.07) is 12.0. The van der Waals surface area contributed by atoms with Gasteiger partial charge in [-0.2, -0.15) is 0 Å². The van der Waals surface area contributed by atoms with E-state index in [1.54, 1.807) is 12.1 Å². The lowest BCUT2D eigenvalue weighted by Gasteiger charge is -2.50. The third kappa shape index (κ3) is 4.22. The average molecular weight is 525 g/mol. The Morgan fingerprint density at radius 2 is 1.86 bits per heavy atom. The molecule has 3 fully saturated rings. The van der Waals surface area contributed by atoms with Crippen molar-refractivity contribution in [2.45, 2.75) is 81.2 Å².